The number of hydrogen-bond donors (Lipinski definition) is 1. The number of nitrogens with one attached hydrogen (secondary N) is 1. The van der Waals surface area contributed by atoms with E-state index in [-0.39, 0.29) is 0 Å². The number of hydrogen-bond acceptors (Lipinski definition) is 4. The van der Waals surface area contributed by atoms with Crippen LogP contribution >= 0.6 is 23.1 Å². The molecule has 1 aromatic rings. The number of thioether (sulfide) groups is 1. The van der Waals surface area contributed by atoms with Crippen LogP contribution in [0.3, 0.4) is 0 Å². The molecule has 1 N–H and O–H groups in total. The van der Waals surface area contributed by atoms with Crippen molar-refractivity contribution >= 4 is 23.1 Å². The highest BCUT2D eigenvalue weighted by Crippen LogP contribution is 2.29. The molecule has 2 nitrogen and oxygen atoms in total. The molecule has 2 rings (SSSR count). The van der Waals surface area contributed by atoms with Gasteiger partial charge in [-0.3, -0.25) is 0 Å². The second-order valence-electron chi connectivity index (χ2n) is 5.28. The minimum absolute atomic E-state index is 0.544. The molecule has 0 amide bonds. The van der Waals surface area contributed by atoms with Gasteiger partial charge >= 0.3 is 0 Å². The minimum atomic E-state index is 0.544. The predicted molar refractivity (Wildman–Crippen MR) is 82.5 cm³/mol. The monoisotopic (exact) mass is 284 g/mol. The van der Waals surface area contributed by atoms with E-state index in [1.807, 2.05) is 23.1 Å². The second kappa shape index (κ2) is 6.92. The van der Waals surface area contributed by atoms with Crippen LogP contribution in [0.4, 0.5) is 0 Å². The number of thiazole rings is 1. The smallest absolute Gasteiger partial charge is 0.103 e. The zero-order chi connectivity index (χ0) is 13.0. The number of nitrogens with zero attached hydrogens (tertiary/aromatic N) is 1. The highest BCUT2D eigenvalue weighted by molar-refractivity contribution is 7.98. The van der Waals surface area contributed by atoms with E-state index in [4.69, 9.17) is 4.98 Å². The maximum atomic E-state index is 4.84. The molecule has 0 spiro atoms. The lowest BCUT2D eigenvalue weighted by Crippen LogP contribution is -2.15. The van der Waals surface area contributed by atoms with E-state index in [1.165, 1.54) is 40.6 Å². The SMILES string of the molecule is CCCSCc1nc(C(C)C)c(CNC2CC2)s1. The highest BCUT2D eigenvalue weighted by atomic mass is 32.2. The van der Waals surface area contributed by atoms with Gasteiger partial charge in [-0.25, -0.2) is 4.98 Å². The molecule has 1 heterocycles. The summed E-state index contributed by atoms with van der Waals surface area (Å²) >= 11 is 3.92. The first-order valence-electron chi connectivity index (χ1n) is 7.00. The standard InChI is InChI=1S/C14H24N2S2/c1-4-7-17-9-13-16-14(10(2)3)12(18-13)8-15-11-5-6-11/h10-11,15H,4-9H2,1-3H3. The van der Waals surface area contributed by atoms with Crippen LogP contribution in [0, 0.1) is 0 Å². The van der Waals surface area contributed by atoms with Crippen LogP contribution in [0.2, 0.25) is 0 Å². The fourth-order valence-electron chi connectivity index (χ4n) is 1.88. The van der Waals surface area contributed by atoms with E-state index in [1.54, 1.807) is 0 Å². The molecule has 0 saturated heterocycles. The van der Waals surface area contributed by atoms with Crippen molar-refractivity contribution in [1.82, 2.24) is 10.3 Å². The van der Waals surface area contributed by atoms with E-state index in [2.05, 4.69) is 26.1 Å². The van der Waals surface area contributed by atoms with E-state index >= 15 is 0 Å². The molecule has 1 saturated carbocycles. The topological polar surface area (TPSA) is 24.9 Å². The third-order valence-electron chi connectivity index (χ3n) is 3.02. The molecule has 0 aromatic carbocycles. The fourth-order valence-corrected chi connectivity index (χ4v) is 4.01. The lowest BCUT2D eigenvalue weighted by atomic mass is 10.1. The third-order valence-corrected chi connectivity index (χ3v) is 5.45. The Bertz CT molecular complexity index is 370. The van der Waals surface area contributed by atoms with Crippen molar-refractivity contribution in [2.24, 2.45) is 0 Å². The van der Waals surface area contributed by atoms with Crippen molar-refractivity contribution in [3.63, 3.8) is 0 Å². The molecule has 4 heteroatoms. The first-order valence-corrected chi connectivity index (χ1v) is 8.97. The van der Waals surface area contributed by atoms with Crippen molar-refractivity contribution in [3.05, 3.63) is 15.6 Å². The fraction of sp³-hybridized carbons (Fsp3) is 0.786. The summed E-state index contributed by atoms with van der Waals surface area (Å²) in [6.07, 6.45) is 3.97. The van der Waals surface area contributed by atoms with Gasteiger partial charge < -0.3 is 5.32 Å². The molecule has 0 radical (unpaired) electrons. The lowest BCUT2D eigenvalue weighted by molar-refractivity contribution is 0.680. The molecule has 102 valence electrons. The molecule has 1 aromatic heterocycles. The lowest BCUT2D eigenvalue weighted by Gasteiger charge is -2.05. The Morgan fingerprint density at radius 3 is 2.83 bits per heavy atom. The predicted octanol–water partition coefficient (Wildman–Crippen LogP) is 4.16. The van der Waals surface area contributed by atoms with E-state index in [0.29, 0.717) is 5.92 Å². The maximum Gasteiger partial charge on any atom is 0.103 e. The molecular formula is C14H24N2S2. The van der Waals surface area contributed by atoms with Crippen LogP contribution in [-0.4, -0.2) is 16.8 Å². The Labute approximate surface area is 119 Å². The minimum Gasteiger partial charge on any atom is -0.309 e. The summed E-state index contributed by atoms with van der Waals surface area (Å²) in [5.74, 6) is 2.87. The molecular weight excluding hydrogens is 260 g/mol. The van der Waals surface area contributed by atoms with E-state index in [0.717, 1.165) is 18.3 Å². The number of rotatable bonds is 8. The molecule has 0 bridgehead atoms. The van der Waals surface area contributed by atoms with Crippen LogP contribution in [0.15, 0.2) is 0 Å². The van der Waals surface area contributed by atoms with Crippen molar-refractivity contribution in [3.8, 4) is 0 Å². The van der Waals surface area contributed by atoms with Gasteiger partial charge in [0.25, 0.3) is 0 Å². The van der Waals surface area contributed by atoms with Crippen molar-refractivity contribution < 1.29 is 0 Å². The highest BCUT2D eigenvalue weighted by Gasteiger charge is 2.22. The Balaban J connectivity index is 1.95. The summed E-state index contributed by atoms with van der Waals surface area (Å²) in [6.45, 7) is 7.75. The van der Waals surface area contributed by atoms with E-state index < -0.39 is 0 Å². The first kappa shape index (κ1) is 14.4. The van der Waals surface area contributed by atoms with Gasteiger partial charge in [-0.2, -0.15) is 11.8 Å². The van der Waals surface area contributed by atoms with Gasteiger partial charge in [0.1, 0.15) is 5.01 Å². The molecule has 18 heavy (non-hydrogen) atoms. The average molecular weight is 284 g/mol. The number of aromatic nitrogens is 1. The van der Waals surface area contributed by atoms with Gasteiger partial charge in [0.05, 0.1) is 5.69 Å². The second-order valence-corrected chi connectivity index (χ2v) is 7.55. The Morgan fingerprint density at radius 1 is 1.44 bits per heavy atom. The largest absolute Gasteiger partial charge is 0.309 e. The van der Waals surface area contributed by atoms with Gasteiger partial charge in [-0.05, 0) is 30.9 Å². The molecule has 1 aliphatic rings. The third kappa shape index (κ3) is 4.25. The van der Waals surface area contributed by atoms with Crippen LogP contribution in [0.25, 0.3) is 0 Å². The first-order chi connectivity index (χ1) is 8.70. The Morgan fingerprint density at radius 2 is 2.22 bits per heavy atom. The van der Waals surface area contributed by atoms with Gasteiger partial charge in [0, 0.05) is 23.2 Å². The molecule has 0 aliphatic heterocycles. The molecule has 1 aliphatic carbocycles. The summed E-state index contributed by atoms with van der Waals surface area (Å²) in [5, 5.41) is 4.92. The summed E-state index contributed by atoms with van der Waals surface area (Å²) in [6, 6.07) is 0.782. The van der Waals surface area contributed by atoms with Crippen LogP contribution in [-0.2, 0) is 12.3 Å². The average Bonchev–Trinajstić information content (AvgIpc) is 3.07. The quantitative estimate of drug-likeness (QED) is 0.726. The Hall–Kier alpha value is -0.0600. The van der Waals surface area contributed by atoms with Crippen molar-refractivity contribution in [2.75, 3.05) is 5.75 Å². The van der Waals surface area contributed by atoms with Gasteiger partial charge in [0.15, 0.2) is 0 Å². The van der Waals surface area contributed by atoms with Gasteiger partial charge in [-0.15, -0.1) is 11.3 Å². The van der Waals surface area contributed by atoms with Crippen LogP contribution in [0.5, 0.6) is 0 Å². The summed E-state index contributed by atoms with van der Waals surface area (Å²) in [4.78, 5) is 6.30. The van der Waals surface area contributed by atoms with Gasteiger partial charge in [0.2, 0.25) is 0 Å². The zero-order valence-corrected chi connectivity index (χ0v) is 13.3. The normalized spacial score (nSPS) is 15.6. The van der Waals surface area contributed by atoms with Crippen LogP contribution in [0.1, 0.15) is 61.5 Å². The zero-order valence-electron chi connectivity index (χ0n) is 11.7. The maximum absolute atomic E-state index is 4.84. The van der Waals surface area contributed by atoms with Crippen molar-refractivity contribution in [1.29, 1.82) is 0 Å². The van der Waals surface area contributed by atoms with Crippen molar-refractivity contribution in [2.45, 2.75) is 64.3 Å². The molecule has 0 atom stereocenters. The molecule has 1 fully saturated rings. The summed E-state index contributed by atoms with van der Waals surface area (Å²) in [7, 11) is 0. The summed E-state index contributed by atoms with van der Waals surface area (Å²) in [5.41, 5.74) is 1.32. The van der Waals surface area contributed by atoms with E-state index in [9.17, 15) is 0 Å². The summed E-state index contributed by atoms with van der Waals surface area (Å²) < 4.78 is 0. The van der Waals surface area contributed by atoms with Gasteiger partial charge in [-0.1, -0.05) is 20.8 Å². The molecule has 0 unspecified atom stereocenters. The van der Waals surface area contributed by atoms with Crippen LogP contribution < -0.4 is 5.32 Å². The Kier molecular flexibility index (Phi) is 5.52.